The Morgan fingerprint density at radius 3 is 2.31 bits per heavy atom. The number of carbonyl (C=O) groups excluding carboxylic acids is 5. The van der Waals surface area contributed by atoms with Crippen LogP contribution < -0.4 is 10.6 Å². The highest BCUT2D eigenvalue weighted by Crippen LogP contribution is 2.56. The fourth-order valence-corrected chi connectivity index (χ4v) is 8.54. The zero-order valence-corrected chi connectivity index (χ0v) is 29.9. The van der Waals surface area contributed by atoms with Gasteiger partial charge in [-0.25, -0.2) is 0 Å². The van der Waals surface area contributed by atoms with Gasteiger partial charge in [0, 0.05) is 49.1 Å². The maximum Gasteiger partial charge on any atom is 0.259 e. The largest absolute Gasteiger partial charge is 0.507 e. The van der Waals surface area contributed by atoms with Crippen molar-refractivity contribution in [2.45, 2.75) is 62.1 Å². The summed E-state index contributed by atoms with van der Waals surface area (Å²) in [4.78, 5) is 70.6. The smallest absolute Gasteiger partial charge is 0.259 e. The summed E-state index contributed by atoms with van der Waals surface area (Å²) in [5.74, 6) is -8.55. The molecule has 7 rings (SSSR count). The Labute approximate surface area is 313 Å². The predicted octanol–water partition coefficient (Wildman–Crippen LogP) is 0.809. The van der Waals surface area contributed by atoms with Crippen LogP contribution in [0.25, 0.3) is 0 Å². The summed E-state index contributed by atoms with van der Waals surface area (Å²) in [6.07, 6.45) is -5.65. The minimum Gasteiger partial charge on any atom is -0.507 e. The van der Waals surface area contributed by atoms with Crippen molar-refractivity contribution in [1.29, 1.82) is 0 Å². The van der Waals surface area contributed by atoms with E-state index in [1.54, 1.807) is 37.3 Å². The van der Waals surface area contributed by atoms with Gasteiger partial charge in [0.25, 0.3) is 5.91 Å². The monoisotopic (exact) mass is 758 g/mol. The van der Waals surface area contributed by atoms with Gasteiger partial charge in [-0.1, -0.05) is 24.3 Å². The van der Waals surface area contributed by atoms with Crippen LogP contribution in [0.15, 0.2) is 54.2 Å². The molecule has 0 saturated carbocycles. The number of allylic oxidation sites excluding steroid dienone is 2. The van der Waals surface area contributed by atoms with Crippen molar-refractivity contribution < 1.29 is 68.8 Å². The first-order chi connectivity index (χ1) is 26.1. The second-order valence-corrected chi connectivity index (χ2v) is 14.1. The van der Waals surface area contributed by atoms with Crippen LogP contribution in [0.3, 0.4) is 0 Å². The lowest BCUT2D eigenvalue weighted by Crippen LogP contribution is -2.73. The third-order valence-corrected chi connectivity index (χ3v) is 11.2. The first-order valence-corrected chi connectivity index (χ1v) is 17.3. The van der Waals surface area contributed by atoms with E-state index >= 15 is 0 Å². The molecule has 3 aromatic carbocycles. The lowest BCUT2D eigenvalue weighted by Gasteiger charge is -2.53. The van der Waals surface area contributed by atoms with E-state index in [2.05, 4.69) is 10.6 Å². The summed E-state index contributed by atoms with van der Waals surface area (Å²) >= 11 is 0. The van der Waals surface area contributed by atoms with Crippen molar-refractivity contribution in [2.75, 3.05) is 26.1 Å². The summed E-state index contributed by atoms with van der Waals surface area (Å²) in [7, 11) is 2.27. The highest BCUT2D eigenvalue weighted by Gasteiger charge is 2.72. The number of amides is 1. The molecule has 1 fully saturated rings. The van der Waals surface area contributed by atoms with Crippen LogP contribution in [-0.2, 0) is 26.2 Å². The average molecular weight is 759 g/mol. The second-order valence-electron chi connectivity index (χ2n) is 14.1. The first kappa shape index (κ1) is 38.0. The van der Waals surface area contributed by atoms with Crippen LogP contribution in [0.4, 0.5) is 5.69 Å². The van der Waals surface area contributed by atoms with Crippen molar-refractivity contribution >= 4 is 34.7 Å². The molecule has 1 unspecified atom stereocenters. The van der Waals surface area contributed by atoms with Gasteiger partial charge in [0.05, 0.1) is 53.2 Å². The topological polar surface area (TPSA) is 258 Å². The molecule has 1 saturated heterocycles. The molecular formula is C39H38N2O14. The zero-order valence-electron chi connectivity index (χ0n) is 29.9. The molecule has 1 amide bonds. The van der Waals surface area contributed by atoms with Gasteiger partial charge in [0.1, 0.15) is 23.8 Å². The van der Waals surface area contributed by atoms with E-state index in [4.69, 9.17) is 14.2 Å². The van der Waals surface area contributed by atoms with Gasteiger partial charge >= 0.3 is 0 Å². The Morgan fingerprint density at radius 2 is 1.67 bits per heavy atom. The number of aliphatic hydroxyl groups is 4. The van der Waals surface area contributed by atoms with Crippen LogP contribution >= 0.6 is 0 Å². The third-order valence-electron chi connectivity index (χ3n) is 11.2. The lowest BCUT2D eigenvalue weighted by atomic mass is 9.56. The highest BCUT2D eigenvalue weighted by molar-refractivity contribution is 6.31. The van der Waals surface area contributed by atoms with Crippen LogP contribution in [-0.4, -0.2) is 117 Å². The molecule has 0 aromatic heterocycles. The number of fused-ring (bicyclic) bond motifs is 5. The summed E-state index contributed by atoms with van der Waals surface area (Å²) in [5.41, 5.74) is -9.79. The third kappa shape index (κ3) is 5.21. The van der Waals surface area contributed by atoms with Crippen molar-refractivity contribution in [3.05, 3.63) is 98.7 Å². The molecule has 0 bridgehead atoms. The number of phenolic OH excluding ortho intramolecular Hbond substituents is 2. The van der Waals surface area contributed by atoms with Gasteiger partial charge in [-0.05, 0) is 43.2 Å². The fourth-order valence-electron chi connectivity index (χ4n) is 8.54. The molecule has 16 heteroatoms. The maximum absolute atomic E-state index is 14.8. The van der Waals surface area contributed by atoms with Crippen molar-refractivity contribution in [2.24, 2.45) is 5.92 Å². The first-order valence-electron chi connectivity index (χ1n) is 17.3. The summed E-state index contributed by atoms with van der Waals surface area (Å²) in [5, 5.41) is 73.8. The van der Waals surface area contributed by atoms with Gasteiger partial charge in [-0.2, -0.15) is 0 Å². The molecule has 3 aliphatic carbocycles. The number of ketones is 4. The number of aryl methyl sites for hydroxylation is 1. The quantitative estimate of drug-likeness (QED) is 0.166. The number of hydrogen-bond donors (Lipinski definition) is 8. The number of aliphatic hydroxyl groups excluding tert-OH is 3. The standard InChI is InChI=1S/C39H38N2O14/c1-15-10-17-11-24(44)39(54-4)35(50)27-20(34(49)38(39,52)28(17)32(48)25(15)36(51)40-18-8-6-5-7-9-18)12-19-26(31(27)47)23(43)13-22(29(19)45)41-37-21(14-42)30(46)33(53-3)16(2)55-37/h5-10,12-13,16,21,24,30,33,37,41-42,44,46-48,52H,11,14H2,1-4H3,(H,40,51)/t16-,21+,24+,30-,33-,37?,38-,39+/m0/s1. The van der Waals surface area contributed by atoms with Crippen LogP contribution in [0.2, 0.25) is 0 Å². The number of hydrogen-bond acceptors (Lipinski definition) is 15. The van der Waals surface area contributed by atoms with Gasteiger partial charge in [0.2, 0.25) is 17.3 Å². The van der Waals surface area contributed by atoms with Crippen LogP contribution in [0, 0.1) is 12.8 Å². The summed E-state index contributed by atoms with van der Waals surface area (Å²) in [6, 6.07) is 10.4. The fraction of sp³-hybridized carbons (Fsp3) is 0.359. The average Bonchev–Trinajstić information content (AvgIpc) is 3.13. The van der Waals surface area contributed by atoms with Crippen molar-refractivity contribution in [3.63, 3.8) is 0 Å². The van der Waals surface area contributed by atoms with Crippen molar-refractivity contribution in [3.8, 4) is 11.5 Å². The molecule has 8 atom stereocenters. The Hall–Kier alpha value is -5.33. The van der Waals surface area contributed by atoms with Crippen LogP contribution in [0.5, 0.6) is 11.5 Å². The lowest BCUT2D eigenvalue weighted by molar-refractivity contribution is -0.214. The minimum atomic E-state index is -3.26. The highest BCUT2D eigenvalue weighted by atomic mass is 16.6. The molecular weight excluding hydrogens is 720 g/mol. The van der Waals surface area contributed by atoms with E-state index in [0.29, 0.717) is 5.69 Å². The molecule has 4 aliphatic rings. The zero-order chi connectivity index (χ0) is 39.9. The van der Waals surface area contributed by atoms with E-state index in [1.807, 2.05) is 0 Å². The van der Waals surface area contributed by atoms with Gasteiger partial charge < -0.3 is 55.5 Å². The maximum atomic E-state index is 14.8. The molecule has 0 spiro atoms. The number of rotatable bonds is 7. The Balaban J connectivity index is 1.35. The predicted molar refractivity (Wildman–Crippen MR) is 189 cm³/mol. The number of benzene rings is 3. The normalized spacial score (nSPS) is 29.8. The molecule has 8 N–H and O–H groups in total. The molecule has 288 valence electrons. The summed E-state index contributed by atoms with van der Waals surface area (Å²) in [6.45, 7) is 2.46. The number of carbonyl (C=O) groups is 5. The van der Waals surface area contributed by atoms with E-state index in [0.717, 1.165) is 19.3 Å². The molecule has 16 nitrogen and oxygen atoms in total. The number of phenols is 2. The SMILES string of the molecule is CO[C@@H]1[C@@H](O)[C@@H](CO)C(NC2=CC(=O)c3c(cc4c(c3O)C(=O)[C@]3(OC)[C@H](O)Cc5cc(C)c(C(=O)Nc6ccccc6)c(O)c5[C@]3(O)C4=O)C2=O)O[C@H]1C. The van der Waals surface area contributed by atoms with E-state index in [-0.39, 0.29) is 16.7 Å². The molecule has 1 aliphatic heterocycles. The molecule has 0 radical (unpaired) electrons. The Bertz CT molecular complexity index is 2220. The molecule has 3 aromatic rings. The number of Topliss-reactive ketones (excluding diaryl/α,β-unsaturated/α-hetero) is 3. The van der Waals surface area contributed by atoms with Gasteiger partial charge in [-0.3, -0.25) is 24.0 Å². The van der Waals surface area contributed by atoms with Crippen molar-refractivity contribution in [1.82, 2.24) is 5.32 Å². The van der Waals surface area contributed by atoms with Gasteiger partial charge in [0.15, 0.2) is 17.0 Å². The number of methoxy groups -OCH3 is 2. The number of ether oxygens (including phenoxy) is 3. The number of nitrogens with one attached hydrogen (secondary N) is 2. The van der Waals surface area contributed by atoms with E-state index in [1.165, 1.54) is 20.1 Å². The number of para-hydroxylation sites is 1. The number of aromatic hydroxyl groups is 2. The minimum absolute atomic E-state index is 0.000519. The summed E-state index contributed by atoms with van der Waals surface area (Å²) < 4.78 is 16.7. The Morgan fingerprint density at radius 1 is 0.982 bits per heavy atom. The van der Waals surface area contributed by atoms with E-state index < -0.39 is 135 Å². The van der Waals surface area contributed by atoms with Crippen LogP contribution in [0.1, 0.15) is 75.4 Å². The van der Waals surface area contributed by atoms with Gasteiger partial charge in [-0.15, -0.1) is 0 Å². The Kier molecular flexibility index (Phi) is 9.29. The molecule has 1 heterocycles. The van der Waals surface area contributed by atoms with E-state index in [9.17, 15) is 54.6 Å². The number of anilines is 1. The molecule has 55 heavy (non-hydrogen) atoms. The second kappa shape index (κ2) is 13.5.